The van der Waals surface area contributed by atoms with Crippen LogP contribution in [0.15, 0.2) is 18.3 Å². The number of morpholine rings is 1. The minimum Gasteiger partial charge on any atom is -0.377 e. The van der Waals surface area contributed by atoms with Crippen molar-refractivity contribution in [2.24, 2.45) is 0 Å². The Hall–Kier alpha value is -2.13. The molecular formula is C12H14N4O2. The SMILES string of the molecule is CNC(=O)C1COCCN1c1cc(C#N)ccn1. The zero-order valence-electron chi connectivity index (χ0n) is 10.1. The van der Waals surface area contributed by atoms with E-state index in [2.05, 4.69) is 16.4 Å². The van der Waals surface area contributed by atoms with Gasteiger partial charge in [0.1, 0.15) is 11.9 Å². The fraction of sp³-hybridized carbons (Fsp3) is 0.417. The van der Waals surface area contributed by atoms with Crippen LogP contribution in [0.1, 0.15) is 5.56 Å². The molecular weight excluding hydrogens is 232 g/mol. The number of ether oxygens (including phenoxy) is 1. The van der Waals surface area contributed by atoms with E-state index in [9.17, 15) is 4.79 Å². The predicted octanol–water partition coefficient (Wildman–Crippen LogP) is -0.0955. The highest BCUT2D eigenvalue weighted by molar-refractivity contribution is 5.85. The maximum atomic E-state index is 11.8. The van der Waals surface area contributed by atoms with Gasteiger partial charge in [-0.25, -0.2) is 4.98 Å². The summed E-state index contributed by atoms with van der Waals surface area (Å²) < 4.78 is 5.32. The predicted molar refractivity (Wildman–Crippen MR) is 65.0 cm³/mol. The summed E-state index contributed by atoms with van der Waals surface area (Å²) in [7, 11) is 1.59. The number of hydrogen-bond acceptors (Lipinski definition) is 5. The molecule has 1 aromatic rings. The fourth-order valence-corrected chi connectivity index (χ4v) is 1.91. The van der Waals surface area contributed by atoms with Crippen LogP contribution in [0.2, 0.25) is 0 Å². The third-order valence-corrected chi connectivity index (χ3v) is 2.85. The molecule has 6 nitrogen and oxygen atoms in total. The number of hydrogen-bond donors (Lipinski definition) is 1. The number of rotatable bonds is 2. The van der Waals surface area contributed by atoms with E-state index < -0.39 is 6.04 Å². The maximum Gasteiger partial charge on any atom is 0.244 e. The molecule has 1 fully saturated rings. The summed E-state index contributed by atoms with van der Waals surface area (Å²) in [6.07, 6.45) is 1.57. The molecule has 0 saturated carbocycles. The summed E-state index contributed by atoms with van der Waals surface area (Å²) in [5, 5.41) is 11.5. The maximum absolute atomic E-state index is 11.8. The van der Waals surface area contributed by atoms with Crippen molar-refractivity contribution in [2.75, 3.05) is 31.7 Å². The number of carbonyl (C=O) groups is 1. The first kappa shape index (κ1) is 12.3. The molecule has 1 aliphatic rings. The second-order valence-corrected chi connectivity index (χ2v) is 3.91. The average molecular weight is 246 g/mol. The largest absolute Gasteiger partial charge is 0.377 e. The number of amides is 1. The Morgan fingerprint density at radius 2 is 2.56 bits per heavy atom. The van der Waals surface area contributed by atoms with Crippen molar-refractivity contribution in [2.45, 2.75) is 6.04 Å². The molecule has 1 unspecified atom stereocenters. The van der Waals surface area contributed by atoms with Crippen molar-refractivity contribution in [1.82, 2.24) is 10.3 Å². The number of likely N-dealkylation sites (N-methyl/N-ethyl adjacent to an activating group) is 1. The first-order valence-corrected chi connectivity index (χ1v) is 5.68. The number of aromatic nitrogens is 1. The van der Waals surface area contributed by atoms with Crippen LogP contribution in [0.3, 0.4) is 0 Å². The lowest BCUT2D eigenvalue weighted by atomic mass is 10.2. The Labute approximate surface area is 105 Å². The molecule has 2 heterocycles. The van der Waals surface area contributed by atoms with Gasteiger partial charge < -0.3 is 15.0 Å². The molecule has 18 heavy (non-hydrogen) atoms. The molecule has 1 amide bonds. The summed E-state index contributed by atoms with van der Waals surface area (Å²) in [4.78, 5) is 17.9. The van der Waals surface area contributed by atoms with Gasteiger partial charge in [0, 0.05) is 19.8 Å². The summed E-state index contributed by atoms with van der Waals surface area (Å²) in [5.74, 6) is 0.518. The van der Waals surface area contributed by atoms with Crippen LogP contribution < -0.4 is 10.2 Å². The molecule has 1 aromatic heterocycles. The highest BCUT2D eigenvalue weighted by Gasteiger charge is 2.29. The minimum absolute atomic E-state index is 0.112. The van der Waals surface area contributed by atoms with Crippen LogP contribution in [0.5, 0.6) is 0 Å². The smallest absolute Gasteiger partial charge is 0.244 e. The zero-order chi connectivity index (χ0) is 13.0. The minimum atomic E-state index is -0.398. The van der Waals surface area contributed by atoms with Gasteiger partial charge in [0.15, 0.2) is 0 Å². The number of pyridine rings is 1. The molecule has 0 radical (unpaired) electrons. The second kappa shape index (κ2) is 5.47. The summed E-state index contributed by atoms with van der Waals surface area (Å²) in [6.45, 7) is 1.46. The van der Waals surface area contributed by atoms with E-state index in [1.165, 1.54) is 0 Å². The number of nitrogens with zero attached hydrogens (tertiary/aromatic N) is 3. The van der Waals surface area contributed by atoms with E-state index >= 15 is 0 Å². The van der Waals surface area contributed by atoms with E-state index in [1.54, 1.807) is 25.4 Å². The van der Waals surface area contributed by atoms with E-state index in [0.717, 1.165) is 0 Å². The summed E-state index contributed by atoms with van der Waals surface area (Å²) in [5.41, 5.74) is 0.530. The molecule has 0 aliphatic carbocycles. The lowest BCUT2D eigenvalue weighted by Crippen LogP contribution is -2.53. The monoisotopic (exact) mass is 246 g/mol. The van der Waals surface area contributed by atoms with Crippen molar-refractivity contribution < 1.29 is 9.53 Å². The Morgan fingerprint density at radius 3 is 3.28 bits per heavy atom. The average Bonchev–Trinajstić information content (AvgIpc) is 2.46. The van der Waals surface area contributed by atoms with Crippen LogP contribution in [0, 0.1) is 11.3 Å². The molecule has 1 atom stereocenters. The Balaban J connectivity index is 2.28. The quantitative estimate of drug-likeness (QED) is 0.788. The second-order valence-electron chi connectivity index (χ2n) is 3.91. The van der Waals surface area contributed by atoms with Crippen molar-refractivity contribution in [3.8, 4) is 6.07 Å². The van der Waals surface area contributed by atoms with Crippen LogP contribution in [0.4, 0.5) is 5.82 Å². The number of anilines is 1. The van der Waals surface area contributed by atoms with Crippen molar-refractivity contribution >= 4 is 11.7 Å². The van der Waals surface area contributed by atoms with Crippen molar-refractivity contribution in [1.29, 1.82) is 5.26 Å². The van der Waals surface area contributed by atoms with Gasteiger partial charge in [0.2, 0.25) is 5.91 Å². The molecule has 1 saturated heterocycles. The third kappa shape index (κ3) is 2.41. The lowest BCUT2D eigenvalue weighted by Gasteiger charge is -2.35. The third-order valence-electron chi connectivity index (χ3n) is 2.85. The Bertz CT molecular complexity index is 483. The van der Waals surface area contributed by atoms with Gasteiger partial charge in [0.25, 0.3) is 0 Å². The molecule has 6 heteroatoms. The molecule has 0 bridgehead atoms. The highest BCUT2D eigenvalue weighted by Crippen LogP contribution is 2.18. The van der Waals surface area contributed by atoms with E-state index in [4.69, 9.17) is 10.00 Å². The van der Waals surface area contributed by atoms with Crippen molar-refractivity contribution in [3.05, 3.63) is 23.9 Å². The van der Waals surface area contributed by atoms with Gasteiger partial charge in [-0.15, -0.1) is 0 Å². The van der Waals surface area contributed by atoms with Crippen LogP contribution in [-0.2, 0) is 9.53 Å². The Kier molecular flexibility index (Phi) is 3.75. The zero-order valence-corrected chi connectivity index (χ0v) is 10.1. The first-order chi connectivity index (χ1) is 8.76. The van der Waals surface area contributed by atoms with E-state index in [1.807, 2.05) is 4.90 Å². The fourth-order valence-electron chi connectivity index (χ4n) is 1.91. The molecule has 0 aromatic carbocycles. The van der Waals surface area contributed by atoms with Gasteiger partial charge in [-0.2, -0.15) is 5.26 Å². The van der Waals surface area contributed by atoms with Gasteiger partial charge in [-0.1, -0.05) is 0 Å². The molecule has 2 rings (SSSR count). The number of carbonyl (C=O) groups excluding carboxylic acids is 1. The Morgan fingerprint density at radius 1 is 1.72 bits per heavy atom. The summed E-state index contributed by atoms with van der Waals surface area (Å²) in [6, 6.07) is 4.99. The van der Waals surface area contributed by atoms with E-state index in [-0.39, 0.29) is 5.91 Å². The number of nitriles is 1. The lowest BCUT2D eigenvalue weighted by molar-refractivity contribution is -0.124. The van der Waals surface area contributed by atoms with Gasteiger partial charge in [-0.3, -0.25) is 4.79 Å². The molecule has 94 valence electrons. The topological polar surface area (TPSA) is 78.2 Å². The van der Waals surface area contributed by atoms with Gasteiger partial charge in [-0.05, 0) is 12.1 Å². The number of nitrogens with one attached hydrogen (secondary N) is 1. The molecule has 1 N–H and O–H groups in total. The van der Waals surface area contributed by atoms with Crippen LogP contribution in [0.25, 0.3) is 0 Å². The van der Waals surface area contributed by atoms with Gasteiger partial charge >= 0.3 is 0 Å². The normalized spacial score (nSPS) is 19.1. The highest BCUT2D eigenvalue weighted by atomic mass is 16.5. The molecule has 0 spiro atoms. The first-order valence-electron chi connectivity index (χ1n) is 5.68. The van der Waals surface area contributed by atoms with Crippen LogP contribution >= 0.6 is 0 Å². The van der Waals surface area contributed by atoms with Crippen LogP contribution in [-0.4, -0.2) is 43.7 Å². The van der Waals surface area contributed by atoms with Gasteiger partial charge in [0.05, 0.1) is 24.8 Å². The van der Waals surface area contributed by atoms with Crippen molar-refractivity contribution in [3.63, 3.8) is 0 Å². The summed E-state index contributed by atoms with van der Waals surface area (Å²) >= 11 is 0. The molecule has 1 aliphatic heterocycles. The van der Waals surface area contributed by atoms with E-state index in [0.29, 0.717) is 31.1 Å². The standard InChI is InChI=1S/C12H14N4O2/c1-14-12(17)10-8-18-5-4-16(10)11-6-9(7-13)2-3-15-11/h2-3,6,10H,4-5,8H2,1H3,(H,14,17).